The van der Waals surface area contributed by atoms with Gasteiger partial charge in [-0.25, -0.2) is 9.59 Å². The molecule has 0 fully saturated rings. The fraction of sp³-hybridized carbons (Fsp3) is 0.200. The molecule has 25 heavy (non-hydrogen) atoms. The highest BCUT2D eigenvalue weighted by molar-refractivity contribution is 5.80. The van der Waals surface area contributed by atoms with Crippen LogP contribution in [0.25, 0.3) is 0 Å². The first-order valence-electron chi connectivity index (χ1n) is 7.96. The van der Waals surface area contributed by atoms with Crippen LogP contribution >= 0.6 is 0 Å². The van der Waals surface area contributed by atoms with Crippen LogP contribution in [0.15, 0.2) is 73.3 Å². The lowest BCUT2D eigenvalue weighted by atomic mass is 10.0. The van der Waals surface area contributed by atoms with Gasteiger partial charge < -0.3 is 9.84 Å². The summed E-state index contributed by atoms with van der Waals surface area (Å²) in [6.45, 7) is 3.79. The van der Waals surface area contributed by atoms with Crippen molar-refractivity contribution in [1.82, 2.24) is 4.90 Å². The van der Waals surface area contributed by atoms with Gasteiger partial charge in [-0.05, 0) is 11.1 Å². The third-order valence-corrected chi connectivity index (χ3v) is 3.70. The molecular weight excluding hydrogens is 318 g/mol. The third kappa shape index (κ3) is 5.49. The Kier molecular flexibility index (Phi) is 6.77. The highest BCUT2D eigenvalue weighted by atomic mass is 16.6. The molecule has 2 rings (SSSR count). The highest BCUT2D eigenvalue weighted by Gasteiger charge is 2.30. The van der Waals surface area contributed by atoms with Gasteiger partial charge in [0.1, 0.15) is 12.6 Å². The maximum Gasteiger partial charge on any atom is 0.411 e. The lowest BCUT2D eigenvalue weighted by Gasteiger charge is -2.27. The minimum atomic E-state index is -1.08. The van der Waals surface area contributed by atoms with E-state index in [4.69, 9.17) is 4.74 Å². The summed E-state index contributed by atoms with van der Waals surface area (Å²) in [5.41, 5.74) is 1.67. The van der Waals surface area contributed by atoms with Crippen molar-refractivity contribution in [3.05, 3.63) is 84.4 Å². The van der Waals surface area contributed by atoms with Crippen molar-refractivity contribution in [2.45, 2.75) is 19.1 Å². The van der Waals surface area contributed by atoms with Gasteiger partial charge in [0.25, 0.3) is 0 Å². The maximum absolute atomic E-state index is 12.4. The van der Waals surface area contributed by atoms with Crippen LogP contribution in [0.3, 0.4) is 0 Å². The van der Waals surface area contributed by atoms with E-state index in [1.165, 1.54) is 11.0 Å². The standard InChI is InChI=1S/C20H21NO4/c1-2-13-21(20(24)25-15-17-11-7-4-8-12-17)18(19(22)23)14-16-9-5-3-6-10-16/h2-12,18H,1,13-15H2,(H,22,23). The summed E-state index contributed by atoms with van der Waals surface area (Å²) in [7, 11) is 0. The fourth-order valence-electron chi connectivity index (χ4n) is 2.44. The van der Waals surface area contributed by atoms with Crippen molar-refractivity contribution in [3.63, 3.8) is 0 Å². The monoisotopic (exact) mass is 339 g/mol. The minimum absolute atomic E-state index is 0.0883. The molecule has 0 aliphatic heterocycles. The number of benzene rings is 2. The number of rotatable bonds is 8. The Morgan fingerprint density at radius 3 is 2.12 bits per heavy atom. The van der Waals surface area contributed by atoms with Crippen molar-refractivity contribution >= 4 is 12.1 Å². The number of carbonyl (C=O) groups is 2. The number of ether oxygens (including phenoxy) is 1. The predicted molar refractivity (Wildman–Crippen MR) is 95.1 cm³/mol. The largest absolute Gasteiger partial charge is 0.480 e. The van der Waals surface area contributed by atoms with Crippen LogP contribution in [-0.4, -0.2) is 34.7 Å². The van der Waals surface area contributed by atoms with Gasteiger partial charge in [0.15, 0.2) is 0 Å². The second-order valence-electron chi connectivity index (χ2n) is 5.52. The molecule has 2 aromatic rings. The summed E-state index contributed by atoms with van der Waals surface area (Å²) < 4.78 is 5.29. The van der Waals surface area contributed by atoms with Crippen LogP contribution in [0, 0.1) is 0 Å². The van der Waals surface area contributed by atoms with Crippen LogP contribution in [0.2, 0.25) is 0 Å². The first kappa shape index (κ1) is 18.3. The van der Waals surface area contributed by atoms with E-state index in [1.807, 2.05) is 60.7 Å². The van der Waals surface area contributed by atoms with E-state index in [1.54, 1.807) is 0 Å². The number of carboxylic acid groups (broad SMARTS) is 1. The van der Waals surface area contributed by atoms with E-state index in [-0.39, 0.29) is 19.6 Å². The summed E-state index contributed by atoms with van der Waals surface area (Å²) in [6.07, 6.45) is 1.02. The maximum atomic E-state index is 12.4. The van der Waals surface area contributed by atoms with Crippen LogP contribution in [0.4, 0.5) is 4.79 Å². The number of carboxylic acids is 1. The SMILES string of the molecule is C=CCN(C(=O)OCc1ccccc1)C(Cc1ccccc1)C(=O)O. The van der Waals surface area contributed by atoms with Gasteiger partial charge in [0.05, 0.1) is 0 Å². The van der Waals surface area contributed by atoms with Crippen LogP contribution < -0.4 is 0 Å². The zero-order valence-corrected chi connectivity index (χ0v) is 13.9. The van der Waals surface area contributed by atoms with Crippen LogP contribution in [0.5, 0.6) is 0 Å². The molecule has 0 aromatic heterocycles. The van der Waals surface area contributed by atoms with Gasteiger partial charge in [-0.3, -0.25) is 4.90 Å². The average Bonchev–Trinajstić information content (AvgIpc) is 2.64. The quantitative estimate of drug-likeness (QED) is 0.748. The molecule has 0 heterocycles. The zero-order valence-electron chi connectivity index (χ0n) is 13.9. The molecule has 0 aliphatic carbocycles. The first-order chi connectivity index (χ1) is 12.1. The van der Waals surface area contributed by atoms with E-state index in [2.05, 4.69) is 6.58 Å². The third-order valence-electron chi connectivity index (χ3n) is 3.70. The Balaban J connectivity index is 2.10. The Bertz CT molecular complexity index is 700. The second-order valence-corrected chi connectivity index (χ2v) is 5.52. The van der Waals surface area contributed by atoms with Crippen molar-refractivity contribution in [3.8, 4) is 0 Å². The summed E-state index contributed by atoms with van der Waals surface area (Å²) in [5.74, 6) is -1.08. The molecule has 0 spiro atoms. The van der Waals surface area contributed by atoms with Gasteiger partial charge in [-0.2, -0.15) is 0 Å². The molecule has 130 valence electrons. The van der Waals surface area contributed by atoms with Crippen molar-refractivity contribution in [2.24, 2.45) is 0 Å². The molecule has 0 saturated heterocycles. The molecule has 1 atom stereocenters. The number of nitrogens with zero attached hydrogens (tertiary/aromatic N) is 1. The van der Waals surface area contributed by atoms with Gasteiger partial charge in [0, 0.05) is 13.0 Å². The van der Waals surface area contributed by atoms with Gasteiger partial charge in [-0.15, -0.1) is 6.58 Å². The zero-order chi connectivity index (χ0) is 18.1. The van der Waals surface area contributed by atoms with E-state index >= 15 is 0 Å². The molecule has 0 saturated carbocycles. The van der Waals surface area contributed by atoms with Gasteiger partial charge >= 0.3 is 12.1 Å². The Morgan fingerprint density at radius 2 is 1.60 bits per heavy atom. The second kappa shape index (κ2) is 9.27. The number of hydrogen-bond donors (Lipinski definition) is 1. The molecule has 5 nitrogen and oxygen atoms in total. The van der Waals surface area contributed by atoms with Crippen molar-refractivity contribution in [1.29, 1.82) is 0 Å². The topological polar surface area (TPSA) is 66.8 Å². The summed E-state index contributed by atoms with van der Waals surface area (Å²) in [5, 5.41) is 9.58. The molecule has 1 amide bonds. The van der Waals surface area contributed by atoms with E-state index in [0.717, 1.165) is 11.1 Å². The van der Waals surface area contributed by atoms with Crippen molar-refractivity contribution < 1.29 is 19.4 Å². The fourth-order valence-corrected chi connectivity index (χ4v) is 2.44. The van der Waals surface area contributed by atoms with Crippen LogP contribution in [0.1, 0.15) is 11.1 Å². The summed E-state index contributed by atoms with van der Waals surface area (Å²) >= 11 is 0. The lowest BCUT2D eigenvalue weighted by Crippen LogP contribution is -2.46. The van der Waals surface area contributed by atoms with Crippen LogP contribution in [-0.2, 0) is 22.6 Å². The Labute approximate surface area is 147 Å². The molecule has 2 aromatic carbocycles. The van der Waals surface area contributed by atoms with Gasteiger partial charge in [-0.1, -0.05) is 66.7 Å². The Morgan fingerprint density at radius 1 is 1.04 bits per heavy atom. The normalized spacial score (nSPS) is 11.4. The highest BCUT2D eigenvalue weighted by Crippen LogP contribution is 2.12. The van der Waals surface area contributed by atoms with E-state index in [9.17, 15) is 14.7 Å². The summed E-state index contributed by atoms with van der Waals surface area (Å²) in [6, 6.07) is 17.4. The lowest BCUT2D eigenvalue weighted by molar-refractivity contribution is -0.142. The van der Waals surface area contributed by atoms with Crippen molar-refractivity contribution in [2.75, 3.05) is 6.54 Å². The Hall–Kier alpha value is -3.08. The molecule has 0 bridgehead atoms. The summed E-state index contributed by atoms with van der Waals surface area (Å²) in [4.78, 5) is 25.3. The number of amides is 1. The molecular formula is C20H21NO4. The van der Waals surface area contributed by atoms with E-state index < -0.39 is 18.1 Å². The molecule has 0 aliphatic rings. The predicted octanol–water partition coefficient (Wildman–Crippen LogP) is 3.51. The molecule has 0 radical (unpaired) electrons. The number of aliphatic carboxylic acids is 1. The van der Waals surface area contributed by atoms with E-state index in [0.29, 0.717) is 0 Å². The smallest absolute Gasteiger partial charge is 0.411 e. The number of carbonyl (C=O) groups excluding carboxylic acids is 1. The van der Waals surface area contributed by atoms with Gasteiger partial charge in [0.2, 0.25) is 0 Å². The average molecular weight is 339 g/mol. The molecule has 1 N–H and O–H groups in total. The minimum Gasteiger partial charge on any atom is -0.480 e. The molecule has 1 unspecified atom stereocenters. The first-order valence-corrected chi connectivity index (χ1v) is 7.96. The molecule has 5 heteroatoms. The number of hydrogen-bond acceptors (Lipinski definition) is 3.